The lowest BCUT2D eigenvalue weighted by Gasteiger charge is -2.19. The van der Waals surface area contributed by atoms with Crippen molar-refractivity contribution in [2.45, 2.75) is 18.6 Å². The molecule has 0 radical (unpaired) electrons. The monoisotopic (exact) mass is 384 g/mol. The third kappa shape index (κ3) is 3.66. The predicted molar refractivity (Wildman–Crippen MR) is 97.3 cm³/mol. The number of hydrogen-bond donors (Lipinski definition) is 2. The summed E-state index contributed by atoms with van der Waals surface area (Å²) in [5.41, 5.74) is 0.550. The van der Waals surface area contributed by atoms with Gasteiger partial charge in [-0.05, 0) is 41.8 Å². The van der Waals surface area contributed by atoms with Crippen molar-refractivity contribution in [3.05, 3.63) is 91.5 Å². The van der Waals surface area contributed by atoms with E-state index in [-0.39, 0.29) is 23.4 Å². The largest absolute Gasteiger partial charge is 0.388 e. The molecule has 9 nitrogen and oxygen atoms in total. The van der Waals surface area contributed by atoms with Crippen molar-refractivity contribution in [1.82, 2.24) is 0 Å². The van der Waals surface area contributed by atoms with E-state index >= 15 is 0 Å². The summed E-state index contributed by atoms with van der Waals surface area (Å²) < 4.78 is 0. The molecular formula is C19H16N2O7. The summed E-state index contributed by atoms with van der Waals surface area (Å²) in [4.78, 5) is 33.0. The number of Topliss-reactive ketones (excluding diaryl/α,β-unsaturated/α-hetero) is 1. The molecular weight excluding hydrogens is 368 g/mol. The molecule has 9 heteroatoms. The fraction of sp³-hybridized carbons (Fsp3) is 0.211. The lowest BCUT2D eigenvalue weighted by atomic mass is 9.90. The number of allylic oxidation sites excluding steroid dienone is 1. The van der Waals surface area contributed by atoms with E-state index in [1.54, 1.807) is 0 Å². The minimum atomic E-state index is -1.26. The zero-order valence-electron chi connectivity index (χ0n) is 14.5. The highest BCUT2D eigenvalue weighted by Gasteiger charge is 2.37. The number of aliphatic hydroxyl groups is 2. The van der Waals surface area contributed by atoms with Gasteiger partial charge in [-0.3, -0.25) is 25.0 Å². The Morgan fingerprint density at radius 1 is 0.857 bits per heavy atom. The summed E-state index contributed by atoms with van der Waals surface area (Å²) in [6.07, 6.45) is -0.696. The fourth-order valence-electron chi connectivity index (χ4n) is 3.18. The Bertz CT molecular complexity index is 951. The van der Waals surface area contributed by atoms with Gasteiger partial charge in [-0.25, -0.2) is 0 Å². The first-order chi connectivity index (χ1) is 13.3. The number of hydrogen-bond acceptors (Lipinski definition) is 7. The number of nitro groups is 2. The van der Waals surface area contributed by atoms with Gasteiger partial charge in [0.05, 0.1) is 21.9 Å². The number of non-ortho nitro benzene ring substituents is 2. The minimum absolute atomic E-state index is 0.111. The average Bonchev–Trinajstić information content (AvgIpc) is 3.08. The van der Waals surface area contributed by atoms with Gasteiger partial charge in [-0.15, -0.1) is 0 Å². The molecule has 0 aliphatic heterocycles. The molecule has 0 spiro atoms. The van der Waals surface area contributed by atoms with Crippen LogP contribution in [-0.4, -0.2) is 25.8 Å². The van der Waals surface area contributed by atoms with Crippen molar-refractivity contribution < 1.29 is 24.9 Å². The number of nitrogens with zero attached hydrogens (tertiary/aromatic N) is 2. The lowest BCUT2D eigenvalue weighted by Crippen LogP contribution is -2.21. The zero-order chi connectivity index (χ0) is 20.4. The zero-order valence-corrected chi connectivity index (χ0v) is 14.5. The summed E-state index contributed by atoms with van der Waals surface area (Å²) in [5.74, 6) is -1.25. The van der Waals surface area contributed by atoms with Gasteiger partial charge in [-0.1, -0.05) is 6.08 Å². The third-order valence-electron chi connectivity index (χ3n) is 4.75. The highest BCUT2D eigenvalue weighted by molar-refractivity contribution is 6.01. The summed E-state index contributed by atoms with van der Waals surface area (Å²) in [6, 6.07) is 10.5. The molecule has 0 fully saturated rings. The number of rotatable bonds is 6. The van der Waals surface area contributed by atoms with Gasteiger partial charge in [0.15, 0.2) is 5.78 Å². The van der Waals surface area contributed by atoms with Gasteiger partial charge >= 0.3 is 0 Å². The average molecular weight is 384 g/mol. The van der Waals surface area contributed by atoms with E-state index in [1.807, 2.05) is 0 Å². The van der Waals surface area contributed by atoms with Crippen LogP contribution in [0.1, 0.15) is 29.8 Å². The maximum absolute atomic E-state index is 12.7. The lowest BCUT2D eigenvalue weighted by molar-refractivity contribution is -0.385. The van der Waals surface area contributed by atoms with Gasteiger partial charge in [-0.2, -0.15) is 0 Å². The Morgan fingerprint density at radius 2 is 1.32 bits per heavy atom. The van der Waals surface area contributed by atoms with E-state index < -0.39 is 33.8 Å². The second-order valence-electron chi connectivity index (χ2n) is 6.41. The number of benzene rings is 2. The predicted octanol–water partition coefficient (Wildman–Crippen LogP) is 2.79. The van der Waals surface area contributed by atoms with Crippen LogP contribution in [0.4, 0.5) is 11.4 Å². The topological polar surface area (TPSA) is 144 Å². The van der Waals surface area contributed by atoms with E-state index in [0.29, 0.717) is 11.1 Å². The van der Waals surface area contributed by atoms with Crippen LogP contribution in [0.15, 0.2) is 60.2 Å². The maximum atomic E-state index is 12.7. The third-order valence-corrected chi connectivity index (χ3v) is 4.75. The Morgan fingerprint density at radius 3 is 1.79 bits per heavy atom. The Balaban J connectivity index is 1.74. The van der Waals surface area contributed by atoms with Gasteiger partial charge < -0.3 is 10.2 Å². The molecule has 1 unspecified atom stereocenters. The molecule has 0 aromatic heterocycles. The molecule has 28 heavy (non-hydrogen) atoms. The van der Waals surface area contributed by atoms with E-state index in [4.69, 9.17) is 0 Å². The van der Waals surface area contributed by atoms with Crippen molar-refractivity contribution in [2.75, 3.05) is 0 Å². The molecule has 2 aromatic carbocycles. The standard InChI is InChI=1S/C19H16N2O7/c22-17(11-1-5-13(6-2-11)20(25)26)15-9-10-16(19(15)24)18(23)12-3-7-14(8-4-12)21(27)28/h1-9,16-18,22-23H,10H2/t16?,17-,18+/m1/s1. The van der Waals surface area contributed by atoms with Crippen molar-refractivity contribution in [1.29, 1.82) is 0 Å². The number of carbonyl (C=O) groups excluding carboxylic acids is 1. The van der Waals surface area contributed by atoms with Crippen molar-refractivity contribution >= 4 is 17.2 Å². The Kier molecular flexibility index (Phi) is 5.30. The van der Waals surface area contributed by atoms with Crippen molar-refractivity contribution in [3.8, 4) is 0 Å². The van der Waals surface area contributed by atoms with Crippen molar-refractivity contribution in [2.24, 2.45) is 5.92 Å². The van der Waals surface area contributed by atoms with Crippen LogP contribution in [0.25, 0.3) is 0 Å². The normalized spacial score (nSPS) is 18.4. The van der Waals surface area contributed by atoms with E-state index in [1.165, 1.54) is 54.6 Å². The van der Waals surface area contributed by atoms with E-state index in [9.17, 15) is 35.2 Å². The first-order valence-electron chi connectivity index (χ1n) is 8.38. The summed E-state index contributed by atoms with van der Waals surface area (Å²) in [7, 11) is 0. The van der Waals surface area contributed by atoms with Gasteiger partial charge in [0.25, 0.3) is 11.4 Å². The van der Waals surface area contributed by atoms with E-state index in [0.717, 1.165) is 0 Å². The molecule has 2 aromatic rings. The molecule has 0 bridgehead atoms. The van der Waals surface area contributed by atoms with Gasteiger partial charge in [0, 0.05) is 29.8 Å². The minimum Gasteiger partial charge on any atom is -0.388 e. The first-order valence-corrected chi connectivity index (χ1v) is 8.38. The summed E-state index contributed by atoms with van der Waals surface area (Å²) in [6.45, 7) is 0. The molecule has 0 heterocycles. The highest BCUT2D eigenvalue weighted by Crippen LogP contribution is 2.38. The molecule has 1 aliphatic rings. The fourth-order valence-corrected chi connectivity index (χ4v) is 3.18. The molecule has 1 aliphatic carbocycles. The molecule has 0 saturated carbocycles. The number of ketones is 1. The molecule has 3 rings (SSSR count). The van der Waals surface area contributed by atoms with Crippen molar-refractivity contribution in [3.63, 3.8) is 0 Å². The van der Waals surface area contributed by atoms with Crippen LogP contribution in [0.3, 0.4) is 0 Å². The first kappa shape index (κ1) is 19.3. The number of nitro benzene ring substituents is 2. The van der Waals surface area contributed by atoms with E-state index in [2.05, 4.69) is 0 Å². The Labute approximate surface area is 158 Å². The molecule has 0 saturated heterocycles. The van der Waals surface area contributed by atoms with Crippen LogP contribution in [0.2, 0.25) is 0 Å². The molecule has 3 atom stereocenters. The van der Waals surface area contributed by atoms with Crippen LogP contribution in [0, 0.1) is 26.1 Å². The molecule has 144 valence electrons. The molecule has 2 N–H and O–H groups in total. The van der Waals surface area contributed by atoms with Gasteiger partial charge in [0.1, 0.15) is 6.10 Å². The Hall–Kier alpha value is -3.43. The maximum Gasteiger partial charge on any atom is 0.269 e. The highest BCUT2D eigenvalue weighted by atomic mass is 16.6. The molecule has 0 amide bonds. The van der Waals surface area contributed by atoms with Crippen LogP contribution >= 0.6 is 0 Å². The van der Waals surface area contributed by atoms with Crippen LogP contribution in [-0.2, 0) is 4.79 Å². The summed E-state index contributed by atoms with van der Waals surface area (Å²) >= 11 is 0. The smallest absolute Gasteiger partial charge is 0.269 e. The van der Waals surface area contributed by atoms with Crippen LogP contribution in [0.5, 0.6) is 0 Å². The number of aliphatic hydroxyl groups excluding tert-OH is 2. The second kappa shape index (κ2) is 7.67. The summed E-state index contributed by atoms with van der Waals surface area (Å²) in [5, 5.41) is 42.4. The van der Waals surface area contributed by atoms with Crippen LogP contribution < -0.4 is 0 Å². The second-order valence-corrected chi connectivity index (χ2v) is 6.41. The quantitative estimate of drug-likeness (QED) is 0.575. The SMILES string of the molecule is O=C1C([C@H](O)c2ccc([N+](=O)[O-])cc2)=CCC1[C@@H](O)c1ccc([N+](=O)[O-])cc1. The van der Waals surface area contributed by atoms with Gasteiger partial charge in [0.2, 0.25) is 0 Å². The number of carbonyl (C=O) groups is 1.